The lowest BCUT2D eigenvalue weighted by atomic mass is 9.97. The van der Waals surface area contributed by atoms with Gasteiger partial charge in [0.25, 0.3) is 0 Å². The average Bonchev–Trinajstić information content (AvgIpc) is 3.46. The Morgan fingerprint density at radius 2 is 1.92 bits per heavy atom. The van der Waals surface area contributed by atoms with E-state index in [0.29, 0.717) is 29.2 Å². The molecule has 9 heteroatoms. The van der Waals surface area contributed by atoms with E-state index < -0.39 is 17.9 Å². The molecule has 0 saturated heterocycles. The summed E-state index contributed by atoms with van der Waals surface area (Å²) in [5.74, 6) is -2.78. The lowest BCUT2D eigenvalue weighted by molar-refractivity contribution is -0.136. The summed E-state index contributed by atoms with van der Waals surface area (Å²) in [6, 6.07) is 20.2. The van der Waals surface area contributed by atoms with Crippen LogP contribution in [0.2, 0.25) is 0 Å². The number of aromatic nitrogens is 3. The van der Waals surface area contributed by atoms with E-state index in [1.165, 1.54) is 0 Å². The Morgan fingerprint density at radius 3 is 2.72 bits per heavy atom. The molecular formula is C30H26F2N4O3. The number of alkyl halides is 2. The number of ether oxygens (including phenoxy) is 1. The van der Waals surface area contributed by atoms with E-state index in [9.17, 15) is 18.7 Å². The minimum Gasteiger partial charge on any atom is -0.487 e. The molecule has 2 aromatic heterocycles. The van der Waals surface area contributed by atoms with Gasteiger partial charge in [-0.25, -0.2) is 13.8 Å². The van der Waals surface area contributed by atoms with Crippen LogP contribution in [0.25, 0.3) is 32.8 Å². The van der Waals surface area contributed by atoms with E-state index in [0.717, 1.165) is 32.8 Å². The Morgan fingerprint density at radius 1 is 1.08 bits per heavy atom. The standard InChI is InChI=1S/C30H26F2N4O3/c31-30(32)12-10-20(16-30)36-26-9-8-18(21-5-3-6-23-22(21)11-13-34-29(23)33)14-24(26)25(35-36)17-39-27-7-2-1-4-19(27)15-28(37)38/h1-9,11,13-14,20H,10,12,15-17H2,(H2,33,34)(H,37,38). The van der Waals surface area contributed by atoms with Crippen molar-refractivity contribution in [2.75, 3.05) is 5.73 Å². The number of pyridine rings is 1. The van der Waals surface area contributed by atoms with Crippen LogP contribution in [0.5, 0.6) is 5.75 Å². The van der Waals surface area contributed by atoms with Gasteiger partial charge in [0.15, 0.2) is 0 Å². The molecule has 0 radical (unpaired) electrons. The number of carbonyl (C=O) groups is 1. The van der Waals surface area contributed by atoms with Crippen molar-refractivity contribution in [2.45, 2.75) is 44.3 Å². The Kier molecular flexibility index (Phi) is 6.13. The number of nitrogen functional groups attached to an aromatic ring is 1. The molecular weight excluding hydrogens is 502 g/mol. The first-order valence-corrected chi connectivity index (χ1v) is 12.7. The molecule has 2 heterocycles. The highest BCUT2D eigenvalue weighted by atomic mass is 19.3. The maximum absolute atomic E-state index is 14.1. The zero-order chi connectivity index (χ0) is 27.1. The fourth-order valence-corrected chi connectivity index (χ4v) is 5.47. The van der Waals surface area contributed by atoms with Crippen LogP contribution < -0.4 is 10.5 Å². The van der Waals surface area contributed by atoms with Crippen LogP contribution in [0, 0.1) is 0 Å². The summed E-state index contributed by atoms with van der Waals surface area (Å²) in [4.78, 5) is 15.5. The molecule has 1 fully saturated rings. The van der Waals surface area contributed by atoms with Gasteiger partial charge in [0.05, 0.1) is 18.0 Å². The van der Waals surface area contributed by atoms with Crippen LogP contribution in [0.4, 0.5) is 14.6 Å². The fraction of sp³-hybridized carbons (Fsp3) is 0.233. The van der Waals surface area contributed by atoms with Gasteiger partial charge >= 0.3 is 5.97 Å². The fourth-order valence-electron chi connectivity index (χ4n) is 5.47. The first-order chi connectivity index (χ1) is 18.8. The predicted octanol–water partition coefficient (Wildman–Crippen LogP) is 6.40. The lowest BCUT2D eigenvalue weighted by Gasteiger charge is -2.13. The topological polar surface area (TPSA) is 103 Å². The molecule has 1 aliphatic rings. The lowest BCUT2D eigenvalue weighted by Crippen LogP contribution is -2.13. The number of benzene rings is 3. The summed E-state index contributed by atoms with van der Waals surface area (Å²) in [5, 5.41) is 16.6. The highest BCUT2D eigenvalue weighted by Crippen LogP contribution is 2.43. The average molecular weight is 529 g/mol. The number of para-hydroxylation sites is 1. The van der Waals surface area contributed by atoms with Crippen molar-refractivity contribution in [3.63, 3.8) is 0 Å². The van der Waals surface area contributed by atoms with Gasteiger partial charge in [0.2, 0.25) is 5.92 Å². The number of hydrogen-bond acceptors (Lipinski definition) is 5. The van der Waals surface area contributed by atoms with Gasteiger partial charge in [-0.1, -0.05) is 42.5 Å². The molecule has 1 unspecified atom stereocenters. The van der Waals surface area contributed by atoms with Gasteiger partial charge in [-0.3, -0.25) is 9.48 Å². The molecule has 0 amide bonds. The largest absolute Gasteiger partial charge is 0.487 e. The minimum absolute atomic E-state index is 0.0547. The molecule has 1 saturated carbocycles. The number of carboxylic acids is 1. The number of hydrogen-bond donors (Lipinski definition) is 2. The Hall–Kier alpha value is -4.53. The Labute approximate surface area is 222 Å². The maximum Gasteiger partial charge on any atom is 0.307 e. The number of halogens is 2. The van der Waals surface area contributed by atoms with E-state index in [1.807, 2.05) is 42.5 Å². The van der Waals surface area contributed by atoms with Crippen molar-refractivity contribution in [3.8, 4) is 16.9 Å². The molecule has 39 heavy (non-hydrogen) atoms. The molecule has 198 valence electrons. The molecule has 0 spiro atoms. The normalized spacial score (nSPS) is 16.6. The summed E-state index contributed by atoms with van der Waals surface area (Å²) in [6.07, 6.45) is 1.40. The Bertz CT molecular complexity index is 1720. The van der Waals surface area contributed by atoms with Crippen LogP contribution >= 0.6 is 0 Å². The van der Waals surface area contributed by atoms with Gasteiger partial charge in [0, 0.05) is 35.4 Å². The van der Waals surface area contributed by atoms with Crippen molar-refractivity contribution in [1.29, 1.82) is 0 Å². The second kappa shape index (κ2) is 9.65. The van der Waals surface area contributed by atoms with E-state index >= 15 is 0 Å². The molecule has 3 N–H and O–H groups in total. The third kappa shape index (κ3) is 4.76. The van der Waals surface area contributed by atoms with Crippen molar-refractivity contribution in [1.82, 2.24) is 14.8 Å². The number of carboxylic acid groups (broad SMARTS) is 1. The monoisotopic (exact) mass is 528 g/mol. The smallest absolute Gasteiger partial charge is 0.307 e. The first-order valence-electron chi connectivity index (χ1n) is 12.7. The Balaban J connectivity index is 1.44. The van der Waals surface area contributed by atoms with Gasteiger partial charge in [-0.15, -0.1) is 0 Å². The molecule has 0 aliphatic heterocycles. The SMILES string of the molecule is Nc1nccc2c(-c3ccc4c(c3)c(COc3ccccc3CC(=O)O)nn4C3CCC(F)(F)C3)cccc12. The number of fused-ring (bicyclic) bond motifs is 2. The number of aliphatic carboxylic acids is 1. The van der Waals surface area contributed by atoms with Crippen LogP contribution in [0.1, 0.15) is 36.6 Å². The van der Waals surface area contributed by atoms with Crippen molar-refractivity contribution >= 4 is 33.5 Å². The van der Waals surface area contributed by atoms with Gasteiger partial charge in [-0.05, 0) is 47.2 Å². The molecule has 1 aliphatic carbocycles. The van der Waals surface area contributed by atoms with Crippen LogP contribution in [0.15, 0.2) is 72.9 Å². The highest BCUT2D eigenvalue weighted by molar-refractivity contribution is 6.02. The van der Waals surface area contributed by atoms with E-state index in [4.69, 9.17) is 15.6 Å². The first kappa shape index (κ1) is 24.8. The van der Waals surface area contributed by atoms with Crippen LogP contribution in [0.3, 0.4) is 0 Å². The predicted molar refractivity (Wildman–Crippen MR) is 145 cm³/mol. The second-order valence-electron chi connectivity index (χ2n) is 9.94. The summed E-state index contributed by atoms with van der Waals surface area (Å²) in [6.45, 7) is 0.0547. The molecule has 3 aromatic carbocycles. The van der Waals surface area contributed by atoms with Crippen molar-refractivity contribution in [2.24, 2.45) is 0 Å². The van der Waals surface area contributed by atoms with Gasteiger partial charge < -0.3 is 15.6 Å². The van der Waals surface area contributed by atoms with Crippen molar-refractivity contribution in [3.05, 3.63) is 84.2 Å². The third-order valence-electron chi connectivity index (χ3n) is 7.33. The number of nitrogens with zero attached hydrogens (tertiary/aromatic N) is 3. The summed E-state index contributed by atoms with van der Waals surface area (Å²) in [7, 11) is 0. The molecule has 7 nitrogen and oxygen atoms in total. The van der Waals surface area contributed by atoms with E-state index in [2.05, 4.69) is 4.98 Å². The highest BCUT2D eigenvalue weighted by Gasteiger charge is 2.41. The molecule has 5 aromatic rings. The van der Waals surface area contributed by atoms with Crippen LogP contribution in [-0.2, 0) is 17.8 Å². The third-order valence-corrected chi connectivity index (χ3v) is 7.33. The molecule has 1 atom stereocenters. The van der Waals surface area contributed by atoms with Gasteiger partial charge in [0.1, 0.15) is 23.9 Å². The number of rotatable bonds is 7. The maximum atomic E-state index is 14.1. The molecule has 0 bridgehead atoms. The number of anilines is 1. The van der Waals surface area contributed by atoms with Crippen molar-refractivity contribution < 1.29 is 23.4 Å². The zero-order valence-electron chi connectivity index (χ0n) is 21.0. The van der Waals surface area contributed by atoms with E-state index in [1.54, 1.807) is 35.1 Å². The summed E-state index contributed by atoms with van der Waals surface area (Å²) >= 11 is 0. The van der Waals surface area contributed by atoms with Crippen LogP contribution in [-0.4, -0.2) is 31.8 Å². The van der Waals surface area contributed by atoms with Gasteiger partial charge in [-0.2, -0.15) is 5.10 Å². The van der Waals surface area contributed by atoms with E-state index in [-0.39, 0.29) is 25.9 Å². The molecule has 6 rings (SSSR count). The zero-order valence-corrected chi connectivity index (χ0v) is 21.0. The quantitative estimate of drug-likeness (QED) is 0.253. The summed E-state index contributed by atoms with van der Waals surface area (Å²) < 4.78 is 36.1. The second-order valence-corrected chi connectivity index (χ2v) is 9.94. The number of nitrogens with two attached hydrogens (primary N) is 1. The summed E-state index contributed by atoms with van der Waals surface area (Å²) in [5.41, 5.74) is 9.88. The minimum atomic E-state index is -2.72.